The lowest BCUT2D eigenvalue weighted by Crippen LogP contribution is -2.40. The Balaban J connectivity index is 1.67. The summed E-state index contributed by atoms with van der Waals surface area (Å²) in [6, 6.07) is 14.3. The van der Waals surface area contributed by atoms with Crippen LogP contribution >= 0.6 is 11.6 Å². The number of nitrogens with zero attached hydrogens (tertiary/aromatic N) is 1. The third-order valence-corrected chi connectivity index (χ3v) is 4.77. The van der Waals surface area contributed by atoms with Gasteiger partial charge in [0.15, 0.2) is 5.78 Å². The van der Waals surface area contributed by atoms with E-state index in [-0.39, 0.29) is 18.2 Å². The van der Waals surface area contributed by atoms with E-state index < -0.39 is 6.04 Å². The summed E-state index contributed by atoms with van der Waals surface area (Å²) in [5.41, 5.74) is 2.11. The number of fused-ring (bicyclic) bond motifs is 1. The van der Waals surface area contributed by atoms with Crippen molar-refractivity contribution in [2.45, 2.75) is 13.0 Å². The number of Topliss-reactive ketones (excluding diaryl/α,β-unsaturated/α-hetero) is 1. The van der Waals surface area contributed by atoms with Gasteiger partial charge in [0.05, 0.1) is 23.3 Å². The molecule has 0 saturated heterocycles. The molecule has 2 N–H and O–H groups in total. The molecule has 0 saturated carbocycles. The molecule has 134 valence electrons. The molecule has 1 atom stereocenters. The molecule has 2 aromatic carbocycles. The van der Waals surface area contributed by atoms with Crippen LogP contribution in [0.25, 0.3) is 10.9 Å². The van der Waals surface area contributed by atoms with Gasteiger partial charge in [-0.05, 0) is 32.2 Å². The number of hydrogen-bond acceptors (Lipinski definition) is 3. The SMILES string of the molecule is C[C@H](C(=O)c1c[nH]c2ccccc12)N(C)CC(=O)Nc1ccccc1Cl. The van der Waals surface area contributed by atoms with E-state index in [1.54, 1.807) is 49.3 Å². The number of nitrogens with one attached hydrogen (secondary N) is 2. The summed E-state index contributed by atoms with van der Waals surface area (Å²) in [5, 5.41) is 4.13. The lowest BCUT2D eigenvalue weighted by atomic mass is 10.0. The molecule has 5 nitrogen and oxygen atoms in total. The maximum absolute atomic E-state index is 12.8. The van der Waals surface area contributed by atoms with Gasteiger partial charge in [-0.1, -0.05) is 41.9 Å². The van der Waals surface area contributed by atoms with E-state index in [1.807, 2.05) is 24.3 Å². The number of benzene rings is 2. The smallest absolute Gasteiger partial charge is 0.238 e. The number of anilines is 1. The number of rotatable bonds is 6. The predicted molar refractivity (Wildman–Crippen MR) is 105 cm³/mol. The van der Waals surface area contributed by atoms with Gasteiger partial charge in [0.25, 0.3) is 0 Å². The zero-order chi connectivity index (χ0) is 18.7. The summed E-state index contributed by atoms with van der Waals surface area (Å²) in [4.78, 5) is 29.9. The van der Waals surface area contributed by atoms with E-state index in [9.17, 15) is 9.59 Å². The largest absolute Gasteiger partial charge is 0.360 e. The lowest BCUT2D eigenvalue weighted by molar-refractivity contribution is -0.117. The zero-order valence-corrected chi connectivity index (χ0v) is 15.4. The maximum Gasteiger partial charge on any atom is 0.238 e. The zero-order valence-electron chi connectivity index (χ0n) is 14.6. The molecule has 0 bridgehead atoms. The van der Waals surface area contributed by atoms with Crippen molar-refractivity contribution in [1.82, 2.24) is 9.88 Å². The highest BCUT2D eigenvalue weighted by Gasteiger charge is 2.23. The van der Waals surface area contributed by atoms with Crippen molar-refractivity contribution in [2.75, 3.05) is 18.9 Å². The van der Waals surface area contributed by atoms with Crippen LogP contribution in [-0.2, 0) is 4.79 Å². The van der Waals surface area contributed by atoms with Crippen molar-refractivity contribution >= 4 is 39.9 Å². The summed E-state index contributed by atoms with van der Waals surface area (Å²) < 4.78 is 0. The van der Waals surface area contributed by atoms with Crippen LogP contribution in [-0.4, -0.2) is 41.2 Å². The molecule has 0 aliphatic heterocycles. The van der Waals surface area contributed by atoms with E-state index in [4.69, 9.17) is 11.6 Å². The molecule has 0 fully saturated rings. The van der Waals surface area contributed by atoms with Gasteiger partial charge in [-0.2, -0.15) is 0 Å². The number of aromatic nitrogens is 1. The molecule has 3 aromatic rings. The number of ketones is 1. The van der Waals surface area contributed by atoms with E-state index >= 15 is 0 Å². The second kappa shape index (κ2) is 7.72. The van der Waals surface area contributed by atoms with Crippen LogP contribution in [0.1, 0.15) is 17.3 Å². The highest BCUT2D eigenvalue weighted by Crippen LogP contribution is 2.21. The standard InChI is InChI=1S/C20H20ClN3O2/c1-13(20(26)15-11-22-17-9-5-3-7-14(15)17)24(2)12-19(25)23-18-10-6-4-8-16(18)21/h3-11,13,22H,12H2,1-2H3,(H,23,25)/t13-/m1/s1. The van der Waals surface area contributed by atoms with Gasteiger partial charge in [-0.3, -0.25) is 14.5 Å². The third-order valence-electron chi connectivity index (χ3n) is 4.44. The highest BCUT2D eigenvalue weighted by molar-refractivity contribution is 6.33. The Bertz CT molecular complexity index is 951. The quantitative estimate of drug-likeness (QED) is 0.646. The molecule has 0 spiro atoms. The predicted octanol–water partition coefficient (Wildman–Crippen LogP) is 3.96. The number of aromatic amines is 1. The number of carbonyl (C=O) groups is 2. The topological polar surface area (TPSA) is 65.2 Å². The van der Waals surface area contributed by atoms with Crippen LogP contribution in [0.15, 0.2) is 54.7 Å². The summed E-state index contributed by atoms with van der Waals surface area (Å²) in [6.07, 6.45) is 1.72. The summed E-state index contributed by atoms with van der Waals surface area (Å²) in [5.74, 6) is -0.255. The van der Waals surface area contributed by atoms with Crippen molar-refractivity contribution in [3.05, 3.63) is 65.3 Å². The van der Waals surface area contributed by atoms with Crippen LogP contribution < -0.4 is 5.32 Å². The molecule has 26 heavy (non-hydrogen) atoms. The lowest BCUT2D eigenvalue weighted by Gasteiger charge is -2.23. The average Bonchev–Trinajstić information content (AvgIpc) is 3.06. The van der Waals surface area contributed by atoms with Crippen molar-refractivity contribution in [1.29, 1.82) is 0 Å². The molecule has 3 rings (SSSR count). The first-order valence-electron chi connectivity index (χ1n) is 8.32. The van der Waals surface area contributed by atoms with Crippen molar-refractivity contribution in [3.8, 4) is 0 Å². The van der Waals surface area contributed by atoms with Gasteiger partial charge in [-0.15, -0.1) is 0 Å². The molecule has 0 radical (unpaired) electrons. The monoisotopic (exact) mass is 369 g/mol. The number of H-pyrrole nitrogens is 1. The molecular weight excluding hydrogens is 350 g/mol. The minimum absolute atomic E-state index is 0.0320. The number of carbonyl (C=O) groups excluding carboxylic acids is 2. The highest BCUT2D eigenvalue weighted by atomic mass is 35.5. The Hall–Kier alpha value is -2.63. The van der Waals surface area contributed by atoms with Crippen LogP contribution in [0.3, 0.4) is 0 Å². The summed E-state index contributed by atoms with van der Waals surface area (Å²) in [7, 11) is 1.75. The van der Waals surface area contributed by atoms with E-state index in [0.29, 0.717) is 16.3 Å². The molecule has 1 aromatic heterocycles. The molecule has 6 heteroatoms. The van der Waals surface area contributed by atoms with Gasteiger partial charge in [0.2, 0.25) is 5.91 Å². The first kappa shape index (κ1) is 18.2. The second-order valence-electron chi connectivity index (χ2n) is 6.23. The van der Waals surface area contributed by atoms with Crippen molar-refractivity contribution < 1.29 is 9.59 Å². The molecular formula is C20H20ClN3O2. The van der Waals surface area contributed by atoms with E-state index in [2.05, 4.69) is 10.3 Å². The minimum atomic E-state index is -0.439. The van der Waals surface area contributed by atoms with Gasteiger partial charge >= 0.3 is 0 Å². The molecule has 0 aliphatic rings. The van der Waals surface area contributed by atoms with Crippen LogP contribution in [0.5, 0.6) is 0 Å². The molecule has 0 aliphatic carbocycles. The molecule has 1 amide bonds. The van der Waals surface area contributed by atoms with Crippen molar-refractivity contribution in [2.24, 2.45) is 0 Å². The number of amides is 1. The van der Waals surface area contributed by atoms with E-state index in [1.165, 1.54) is 0 Å². The summed E-state index contributed by atoms with van der Waals surface area (Å²) in [6.45, 7) is 1.88. The Kier molecular flexibility index (Phi) is 5.40. The summed E-state index contributed by atoms with van der Waals surface area (Å²) >= 11 is 6.05. The Morgan fingerprint density at radius 1 is 1.15 bits per heavy atom. The fraction of sp³-hybridized carbons (Fsp3) is 0.200. The maximum atomic E-state index is 12.8. The number of halogens is 1. The Morgan fingerprint density at radius 2 is 1.85 bits per heavy atom. The third kappa shape index (κ3) is 3.79. The van der Waals surface area contributed by atoms with E-state index in [0.717, 1.165) is 10.9 Å². The van der Waals surface area contributed by atoms with Crippen LogP contribution in [0.2, 0.25) is 5.02 Å². The first-order chi connectivity index (χ1) is 12.5. The van der Waals surface area contributed by atoms with Gasteiger partial charge in [0.1, 0.15) is 0 Å². The van der Waals surface area contributed by atoms with Gasteiger partial charge in [0, 0.05) is 22.7 Å². The van der Waals surface area contributed by atoms with Gasteiger partial charge < -0.3 is 10.3 Å². The Labute approximate surface area is 157 Å². The normalized spacial score (nSPS) is 12.3. The van der Waals surface area contributed by atoms with Crippen LogP contribution in [0, 0.1) is 0 Å². The fourth-order valence-corrected chi connectivity index (χ4v) is 3.00. The number of likely N-dealkylation sites (N-methyl/N-ethyl adjacent to an activating group) is 1. The number of hydrogen-bond donors (Lipinski definition) is 2. The first-order valence-corrected chi connectivity index (χ1v) is 8.70. The molecule has 0 unspecified atom stereocenters. The Morgan fingerprint density at radius 3 is 2.62 bits per heavy atom. The van der Waals surface area contributed by atoms with Crippen molar-refractivity contribution in [3.63, 3.8) is 0 Å². The fourth-order valence-electron chi connectivity index (χ4n) is 2.82. The minimum Gasteiger partial charge on any atom is -0.360 e. The van der Waals surface area contributed by atoms with Gasteiger partial charge in [-0.25, -0.2) is 0 Å². The average molecular weight is 370 g/mol. The second-order valence-corrected chi connectivity index (χ2v) is 6.64. The molecule has 1 heterocycles. The van der Waals surface area contributed by atoms with Crippen LogP contribution in [0.4, 0.5) is 5.69 Å². The number of para-hydroxylation sites is 2.